The minimum Gasteiger partial charge on any atom is -0.483 e. The summed E-state index contributed by atoms with van der Waals surface area (Å²) in [6.45, 7) is 7.68. The van der Waals surface area contributed by atoms with Gasteiger partial charge in [0.1, 0.15) is 23.0 Å². The maximum atomic E-state index is 12.3. The number of hydrogen-bond acceptors (Lipinski definition) is 5. The van der Waals surface area contributed by atoms with Crippen LogP contribution in [0.4, 0.5) is 11.4 Å². The van der Waals surface area contributed by atoms with Gasteiger partial charge < -0.3 is 24.8 Å². The summed E-state index contributed by atoms with van der Waals surface area (Å²) >= 11 is 0. The average Bonchev–Trinajstić information content (AvgIpc) is 2.92. The van der Waals surface area contributed by atoms with E-state index in [2.05, 4.69) is 10.6 Å². The fourth-order valence-electron chi connectivity index (χ4n) is 3.76. The third-order valence-electron chi connectivity index (χ3n) is 5.92. The average molecular weight is 525 g/mol. The summed E-state index contributed by atoms with van der Waals surface area (Å²) in [5, 5.41) is 5.64. The summed E-state index contributed by atoms with van der Waals surface area (Å²) < 4.78 is 17.2. The van der Waals surface area contributed by atoms with Crippen LogP contribution in [-0.2, 0) is 9.59 Å². The van der Waals surface area contributed by atoms with Gasteiger partial charge in [0.25, 0.3) is 11.8 Å². The van der Waals surface area contributed by atoms with Gasteiger partial charge in [-0.1, -0.05) is 24.3 Å². The second-order valence-corrected chi connectivity index (χ2v) is 9.36. The largest absolute Gasteiger partial charge is 0.483 e. The van der Waals surface area contributed by atoms with Crippen molar-refractivity contribution in [2.75, 3.05) is 23.8 Å². The van der Waals surface area contributed by atoms with Crippen LogP contribution in [0.5, 0.6) is 23.0 Å². The minimum atomic E-state index is -0.248. The Bertz CT molecular complexity index is 1340. The lowest BCUT2D eigenvalue weighted by Crippen LogP contribution is -2.20. The Morgan fingerprint density at radius 1 is 0.564 bits per heavy atom. The van der Waals surface area contributed by atoms with Crippen molar-refractivity contribution in [3.63, 3.8) is 0 Å². The van der Waals surface area contributed by atoms with Gasteiger partial charge in [-0.3, -0.25) is 9.59 Å². The second-order valence-electron chi connectivity index (χ2n) is 9.36. The molecule has 7 nitrogen and oxygen atoms in total. The van der Waals surface area contributed by atoms with Crippen LogP contribution in [0.1, 0.15) is 22.3 Å². The van der Waals surface area contributed by atoms with Crippen LogP contribution in [0.3, 0.4) is 0 Å². The predicted molar refractivity (Wildman–Crippen MR) is 153 cm³/mol. The summed E-state index contributed by atoms with van der Waals surface area (Å²) in [6, 6.07) is 25.9. The molecule has 0 spiro atoms. The lowest BCUT2D eigenvalue weighted by Gasteiger charge is -2.12. The van der Waals surface area contributed by atoms with Crippen molar-refractivity contribution >= 4 is 23.2 Å². The highest BCUT2D eigenvalue weighted by Gasteiger charge is 2.08. The van der Waals surface area contributed by atoms with E-state index in [1.54, 1.807) is 48.5 Å². The molecular formula is C32H32N2O5. The summed E-state index contributed by atoms with van der Waals surface area (Å²) in [5.74, 6) is 2.12. The van der Waals surface area contributed by atoms with Gasteiger partial charge in [0.05, 0.1) is 0 Å². The third kappa shape index (κ3) is 8.10. The highest BCUT2D eigenvalue weighted by atomic mass is 16.5. The molecule has 7 heteroatoms. The number of carbonyl (C=O) groups excluding carboxylic acids is 2. The fraction of sp³-hybridized carbons (Fsp3) is 0.188. The van der Waals surface area contributed by atoms with E-state index < -0.39 is 0 Å². The molecule has 39 heavy (non-hydrogen) atoms. The van der Waals surface area contributed by atoms with E-state index >= 15 is 0 Å². The molecule has 200 valence electrons. The van der Waals surface area contributed by atoms with E-state index in [1.807, 2.05) is 64.1 Å². The zero-order valence-corrected chi connectivity index (χ0v) is 22.5. The highest BCUT2D eigenvalue weighted by molar-refractivity contribution is 5.92. The molecule has 0 aromatic heterocycles. The van der Waals surface area contributed by atoms with Crippen molar-refractivity contribution < 1.29 is 23.8 Å². The number of benzene rings is 4. The van der Waals surface area contributed by atoms with Gasteiger partial charge in [-0.15, -0.1) is 0 Å². The smallest absolute Gasteiger partial charge is 0.262 e. The Kier molecular flexibility index (Phi) is 8.84. The van der Waals surface area contributed by atoms with Gasteiger partial charge in [-0.2, -0.15) is 0 Å². The number of hydrogen-bond donors (Lipinski definition) is 2. The van der Waals surface area contributed by atoms with Gasteiger partial charge in [0.2, 0.25) is 0 Å². The summed E-state index contributed by atoms with van der Waals surface area (Å²) in [7, 11) is 0. The molecule has 2 amide bonds. The second kappa shape index (κ2) is 12.6. The molecule has 0 fully saturated rings. The lowest BCUT2D eigenvalue weighted by atomic mass is 10.1. The Hall–Kier alpha value is -4.78. The molecule has 0 unspecified atom stereocenters. The third-order valence-corrected chi connectivity index (χ3v) is 5.92. The Labute approximate surface area is 228 Å². The van der Waals surface area contributed by atoms with Crippen LogP contribution in [0.15, 0.2) is 84.9 Å². The first-order valence-corrected chi connectivity index (χ1v) is 12.6. The number of nitrogens with one attached hydrogen (secondary N) is 2. The van der Waals surface area contributed by atoms with E-state index in [0.717, 1.165) is 22.3 Å². The van der Waals surface area contributed by atoms with Crippen LogP contribution in [0, 0.1) is 27.7 Å². The molecule has 4 aromatic rings. The first-order chi connectivity index (χ1) is 18.7. The maximum absolute atomic E-state index is 12.3. The normalized spacial score (nSPS) is 10.5. The zero-order chi connectivity index (χ0) is 27.8. The molecule has 0 aliphatic rings. The van der Waals surface area contributed by atoms with Crippen LogP contribution >= 0.6 is 0 Å². The molecule has 0 aliphatic heterocycles. The van der Waals surface area contributed by atoms with Crippen molar-refractivity contribution in [2.45, 2.75) is 27.7 Å². The quantitative estimate of drug-likeness (QED) is 0.240. The van der Waals surface area contributed by atoms with Crippen molar-refractivity contribution in [1.29, 1.82) is 0 Å². The predicted octanol–water partition coefficient (Wildman–Crippen LogP) is 6.75. The molecule has 0 saturated heterocycles. The van der Waals surface area contributed by atoms with E-state index in [1.165, 1.54) is 0 Å². The van der Waals surface area contributed by atoms with Crippen molar-refractivity contribution in [3.05, 3.63) is 107 Å². The topological polar surface area (TPSA) is 85.9 Å². The fourth-order valence-corrected chi connectivity index (χ4v) is 3.76. The molecule has 0 atom stereocenters. The van der Waals surface area contributed by atoms with Crippen LogP contribution in [0.25, 0.3) is 0 Å². The molecule has 4 rings (SSSR count). The Balaban J connectivity index is 1.23. The molecule has 0 aliphatic carbocycles. The lowest BCUT2D eigenvalue weighted by molar-refractivity contribution is -0.118. The number of aryl methyl sites for hydroxylation is 4. The standard InChI is InChI=1S/C32H32N2O5/c1-21-5-7-23(3)29(17-21)37-19-31(35)33-25-9-13-27(14-10-25)39-28-15-11-26(12-16-28)34-32(36)20-38-30-18-22(2)6-8-24(30)4/h5-18H,19-20H2,1-4H3,(H,33,35)(H,34,36). The van der Waals surface area contributed by atoms with Crippen molar-refractivity contribution in [2.24, 2.45) is 0 Å². The number of rotatable bonds is 10. The van der Waals surface area contributed by atoms with Gasteiger partial charge in [-0.05, 0) is 111 Å². The van der Waals surface area contributed by atoms with E-state index in [0.29, 0.717) is 34.4 Å². The minimum absolute atomic E-state index is 0.0802. The molecule has 0 bridgehead atoms. The monoisotopic (exact) mass is 524 g/mol. The van der Waals surface area contributed by atoms with Crippen molar-refractivity contribution in [1.82, 2.24) is 0 Å². The number of anilines is 2. The van der Waals surface area contributed by atoms with Gasteiger partial charge >= 0.3 is 0 Å². The summed E-state index contributed by atoms with van der Waals surface area (Å²) in [4.78, 5) is 24.6. The summed E-state index contributed by atoms with van der Waals surface area (Å²) in [5.41, 5.74) is 5.38. The number of carbonyl (C=O) groups is 2. The van der Waals surface area contributed by atoms with Crippen LogP contribution in [-0.4, -0.2) is 25.0 Å². The number of ether oxygens (including phenoxy) is 3. The van der Waals surface area contributed by atoms with E-state index in [-0.39, 0.29) is 25.0 Å². The first-order valence-electron chi connectivity index (χ1n) is 12.6. The Morgan fingerprint density at radius 2 is 0.949 bits per heavy atom. The van der Waals surface area contributed by atoms with Crippen LogP contribution in [0.2, 0.25) is 0 Å². The first kappa shape index (κ1) is 27.3. The van der Waals surface area contributed by atoms with Gasteiger partial charge in [0.15, 0.2) is 13.2 Å². The molecule has 0 saturated carbocycles. The maximum Gasteiger partial charge on any atom is 0.262 e. The van der Waals surface area contributed by atoms with Gasteiger partial charge in [-0.25, -0.2) is 0 Å². The molecule has 0 radical (unpaired) electrons. The summed E-state index contributed by atoms with van der Waals surface area (Å²) in [6.07, 6.45) is 0. The Morgan fingerprint density at radius 3 is 1.33 bits per heavy atom. The highest BCUT2D eigenvalue weighted by Crippen LogP contribution is 2.25. The van der Waals surface area contributed by atoms with Crippen LogP contribution < -0.4 is 24.8 Å². The van der Waals surface area contributed by atoms with Gasteiger partial charge in [0, 0.05) is 11.4 Å². The molecule has 2 N–H and O–H groups in total. The number of amides is 2. The SMILES string of the molecule is Cc1ccc(C)c(OCC(=O)Nc2ccc(Oc3ccc(NC(=O)COc4cc(C)ccc4C)cc3)cc2)c1. The molecule has 0 heterocycles. The zero-order valence-electron chi connectivity index (χ0n) is 22.5. The van der Waals surface area contributed by atoms with E-state index in [9.17, 15) is 9.59 Å². The molecular weight excluding hydrogens is 492 g/mol. The van der Waals surface area contributed by atoms with E-state index in [4.69, 9.17) is 14.2 Å². The molecule has 4 aromatic carbocycles. The van der Waals surface area contributed by atoms with Crippen molar-refractivity contribution in [3.8, 4) is 23.0 Å².